The van der Waals surface area contributed by atoms with Crippen LogP contribution in [0.25, 0.3) is 11.6 Å². The molecule has 1 aromatic carbocycles. The molecule has 0 aliphatic heterocycles. The molecule has 2 N–H and O–H groups in total. The summed E-state index contributed by atoms with van der Waals surface area (Å²) in [4.78, 5) is 28.5. The van der Waals surface area contributed by atoms with E-state index in [2.05, 4.69) is 28.3 Å². The van der Waals surface area contributed by atoms with E-state index < -0.39 is 83.9 Å². The van der Waals surface area contributed by atoms with Gasteiger partial charge in [-0.3, -0.25) is 10.1 Å². The van der Waals surface area contributed by atoms with E-state index in [1.54, 1.807) is 23.5 Å². The van der Waals surface area contributed by atoms with Gasteiger partial charge >= 0.3 is 18.4 Å². The molecule has 0 aliphatic carbocycles. The number of hydrogen-bond donors (Lipinski definition) is 2. The van der Waals surface area contributed by atoms with Gasteiger partial charge in [-0.05, 0) is 18.1 Å². The van der Waals surface area contributed by atoms with Gasteiger partial charge < -0.3 is 19.2 Å². The Hall–Kier alpha value is -4.73. The molecular weight excluding hydrogens is 600 g/mol. The maximum atomic E-state index is 14.6. The van der Waals surface area contributed by atoms with Crippen LogP contribution in [0.4, 0.5) is 36.8 Å². The Morgan fingerprint density at radius 2 is 1.77 bits per heavy atom. The number of benzene rings is 1. The highest BCUT2D eigenvalue weighted by molar-refractivity contribution is 5.88. The summed E-state index contributed by atoms with van der Waals surface area (Å²) in [5, 5.41) is 18.1. The summed E-state index contributed by atoms with van der Waals surface area (Å²) in [6, 6.07) is 8.24. The number of alkyl halides is 6. The highest BCUT2D eigenvalue weighted by Crippen LogP contribution is 2.46. The molecule has 2 heterocycles. The normalized spacial score (nSPS) is 13.2. The van der Waals surface area contributed by atoms with Gasteiger partial charge in [0.05, 0.1) is 30.1 Å². The molecule has 16 heteroatoms. The van der Waals surface area contributed by atoms with Crippen molar-refractivity contribution in [1.82, 2.24) is 20.1 Å². The van der Waals surface area contributed by atoms with Gasteiger partial charge in [0.2, 0.25) is 11.5 Å². The van der Waals surface area contributed by atoms with Gasteiger partial charge in [0, 0.05) is 19.9 Å². The second-order valence-corrected chi connectivity index (χ2v) is 9.33. The zero-order valence-electron chi connectivity index (χ0n) is 23.2. The molecule has 0 aliphatic rings. The van der Waals surface area contributed by atoms with Crippen molar-refractivity contribution in [3.8, 4) is 11.6 Å². The van der Waals surface area contributed by atoms with Gasteiger partial charge in [0.25, 0.3) is 11.8 Å². The first kappa shape index (κ1) is 33.8. The average Bonchev–Trinajstić information content (AvgIpc) is 3.43. The number of nitrogens with zero attached hydrogens (tertiary/aromatic N) is 4. The first-order valence-corrected chi connectivity index (χ1v) is 12.8. The number of aromatic nitrogens is 3. The standard InChI is InChI=1S/C28H27F6N5O5/c1-4-6-13-39(17(3)40)15-21-19(27(29,30)31)14-20(36-25(41)42)22(35-21)23-37-38-24(44-23)26(12-5-2,28(32,33)34)43-16-18-10-8-7-9-11-18/h4-5,7-11,14,36H,1-2,6,12-13,15-16H2,3H3,(H,41,42). The number of amides is 2. The zero-order chi connectivity index (χ0) is 32.7. The van der Waals surface area contributed by atoms with Crippen molar-refractivity contribution in [3.05, 3.63) is 84.4 Å². The maximum absolute atomic E-state index is 14.6. The van der Waals surface area contributed by atoms with Gasteiger partial charge in [-0.15, -0.1) is 23.4 Å². The monoisotopic (exact) mass is 627 g/mol. The van der Waals surface area contributed by atoms with Crippen LogP contribution in [0.1, 0.15) is 42.5 Å². The minimum absolute atomic E-state index is 0.0264. The smallest absolute Gasteiger partial charge is 0.426 e. The van der Waals surface area contributed by atoms with E-state index in [0.717, 1.165) is 17.9 Å². The van der Waals surface area contributed by atoms with E-state index in [9.17, 15) is 41.0 Å². The lowest BCUT2D eigenvalue weighted by Crippen LogP contribution is -2.45. The third-order valence-corrected chi connectivity index (χ3v) is 6.23. The Kier molecular flexibility index (Phi) is 10.5. The summed E-state index contributed by atoms with van der Waals surface area (Å²) in [5.74, 6) is -2.58. The molecular formula is C28H27F6N5O5. The van der Waals surface area contributed by atoms with Crippen molar-refractivity contribution in [3.63, 3.8) is 0 Å². The summed E-state index contributed by atoms with van der Waals surface area (Å²) in [6.45, 7) is 6.72. The van der Waals surface area contributed by atoms with Crippen LogP contribution in [0.2, 0.25) is 0 Å². The predicted molar refractivity (Wildman–Crippen MR) is 144 cm³/mol. The molecule has 0 spiro atoms. The van der Waals surface area contributed by atoms with Gasteiger partial charge in [0.1, 0.15) is 0 Å². The number of nitrogens with one attached hydrogen (secondary N) is 1. The number of carbonyl (C=O) groups is 2. The summed E-state index contributed by atoms with van der Waals surface area (Å²) in [5.41, 5.74) is -6.54. The molecule has 3 aromatic rings. The highest BCUT2D eigenvalue weighted by Gasteiger charge is 2.60. The largest absolute Gasteiger partial charge is 0.465 e. The fourth-order valence-corrected chi connectivity index (χ4v) is 4.06. The molecule has 0 bridgehead atoms. The number of pyridine rings is 1. The predicted octanol–water partition coefficient (Wildman–Crippen LogP) is 6.72. The number of carboxylic acid groups (broad SMARTS) is 1. The second-order valence-electron chi connectivity index (χ2n) is 9.33. The first-order chi connectivity index (χ1) is 20.6. The van der Waals surface area contributed by atoms with Crippen LogP contribution < -0.4 is 5.32 Å². The van der Waals surface area contributed by atoms with Crippen molar-refractivity contribution in [2.24, 2.45) is 0 Å². The van der Waals surface area contributed by atoms with Gasteiger partial charge in [0.15, 0.2) is 5.69 Å². The van der Waals surface area contributed by atoms with Crippen LogP contribution in [0, 0.1) is 0 Å². The average molecular weight is 628 g/mol. The lowest BCUT2D eigenvalue weighted by atomic mass is 9.98. The molecule has 3 rings (SSSR count). The van der Waals surface area contributed by atoms with E-state index in [4.69, 9.17) is 9.15 Å². The number of carbonyl (C=O) groups excluding carboxylic acids is 1. The quantitative estimate of drug-likeness (QED) is 0.158. The van der Waals surface area contributed by atoms with Gasteiger partial charge in [-0.25, -0.2) is 9.78 Å². The molecule has 10 nitrogen and oxygen atoms in total. The Balaban J connectivity index is 2.20. The molecule has 1 atom stereocenters. The molecule has 1 unspecified atom stereocenters. The Labute approximate surface area is 247 Å². The molecule has 0 saturated heterocycles. The van der Waals surface area contributed by atoms with Crippen molar-refractivity contribution >= 4 is 17.7 Å². The molecule has 2 amide bonds. The minimum Gasteiger partial charge on any atom is -0.465 e. The first-order valence-electron chi connectivity index (χ1n) is 12.8. The lowest BCUT2D eigenvalue weighted by molar-refractivity contribution is -0.295. The third-order valence-electron chi connectivity index (χ3n) is 6.23. The molecule has 0 saturated carbocycles. The van der Waals surface area contributed by atoms with Crippen LogP contribution in [0.15, 0.2) is 66.1 Å². The Bertz CT molecular complexity index is 1490. The van der Waals surface area contributed by atoms with E-state index >= 15 is 0 Å². The summed E-state index contributed by atoms with van der Waals surface area (Å²) in [6.07, 6.45) is -10.4. The molecule has 2 aromatic heterocycles. The summed E-state index contributed by atoms with van der Waals surface area (Å²) >= 11 is 0. The second kappa shape index (κ2) is 13.7. The number of rotatable bonds is 13. The van der Waals surface area contributed by atoms with Crippen LogP contribution in [0.3, 0.4) is 0 Å². The maximum Gasteiger partial charge on any atom is 0.426 e. The topological polar surface area (TPSA) is 131 Å². The van der Waals surface area contributed by atoms with Gasteiger partial charge in [-0.2, -0.15) is 26.3 Å². The van der Waals surface area contributed by atoms with E-state index in [1.807, 2.05) is 0 Å². The summed E-state index contributed by atoms with van der Waals surface area (Å²) < 4.78 is 96.7. The van der Waals surface area contributed by atoms with Crippen molar-refractivity contribution in [2.45, 2.75) is 50.9 Å². The van der Waals surface area contributed by atoms with E-state index in [-0.39, 0.29) is 13.0 Å². The number of anilines is 1. The van der Waals surface area contributed by atoms with E-state index in [1.165, 1.54) is 18.2 Å². The number of halogens is 6. The number of hydrogen-bond acceptors (Lipinski definition) is 7. The molecule has 44 heavy (non-hydrogen) atoms. The van der Waals surface area contributed by atoms with Crippen LogP contribution in [-0.2, 0) is 34.5 Å². The van der Waals surface area contributed by atoms with Crippen molar-refractivity contribution in [2.75, 3.05) is 11.9 Å². The minimum atomic E-state index is -5.16. The highest BCUT2D eigenvalue weighted by atomic mass is 19.4. The van der Waals surface area contributed by atoms with Crippen LogP contribution in [0.5, 0.6) is 0 Å². The third kappa shape index (κ3) is 7.80. The number of ether oxygens (including phenoxy) is 1. The lowest BCUT2D eigenvalue weighted by Gasteiger charge is -2.31. The molecule has 0 fully saturated rings. The summed E-state index contributed by atoms with van der Waals surface area (Å²) in [7, 11) is 0. The Morgan fingerprint density at radius 1 is 1.09 bits per heavy atom. The SMILES string of the molecule is C=CCCN(Cc1nc(-c2nnc(C(CC=C)(OCc3ccccc3)C(F)(F)F)o2)c(NC(=O)O)cc1C(F)(F)F)C(C)=O. The zero-order valence-corrected chi connectivity index (χ0v) is 23.2. The fraction of sp³-hybridized carbons (Fsp3) is 0.321. The van der Waals surface area contributed by atoms with Crippen molar-refractivity contribution < 1.29 is 50.2 Å². The van der Waals surface area contributed by atoms with Crippen molar-refractivity contribution in [1.29, 1.82) is 0 Å². The molecule has 236 valence electrons. The van der Waals surface area contributed by atoms with Crippen LogP contribution >= 0.6 is 0 Å². The molecule has 0 radical (unpaired) electrons. The van der Waals surface area contributed by atoms with Gasteiger partial charge in [-0.1, -0.05) is 42.5 Å². The fourth-order valence-electron chi connectivity index (χ4n) is 4.06. The van der Waals surface area contributed by atoms with E-state index in [0.29, 0.717) is 11.6 Å². The Morgan fingerprint density at radius 3 is 2.32 bits per heavy atom. The van der Waals surface area contributed by atoms with Crippen LogP contribution in [-0.4, -0.2) is 49.9 Å².